The summed E-state index contributed by atoms with van der Waals surface area (Å²) in [4.78, 5) is 14.6. The number of carbonyl (C=O) groups excluding carboxylic acids is 1. The molecule has 128 valence electrons. The van der Waals surface area contributed by atoms with Crippen LogP contribution >= 0.6 is 24.8 Å². The molecule has 1 atom stereocenters. The number of hydrogen-bond acceptors (Lipinski definition) is 3. The molecule has 0 saturated carbocycles. The van der Waals surface area contributed by atoms with Crippen LogP contribution in [0.3, 0.4) is 0 Å². The van der Waals surface area contributed by atoms with E-state index < -0.39 is 6.04 Å². The van der Waals surface area contributed by atoms with Crippen molar-refractivity contribution in [2.45, 2.75) is 59.5 Å². The summed E-state index contributed by atoms with van der Waals surface area (Å²) in [7, 11) is 0. The van der Waals surface area contributed by atoms with Crippen LogP contribution in [0.1, 0.15) is 47.5 Å². The molecule has 3 N–H and O–H groups in total. The molecular weight excluding hydrogens is 309 g/mol. The van der Waals surface area contributed by atoms with E-state index in [-0.39, 0.29) is 36.1 Å². The fourth-order valence-electron chi connectivity index (χ4n) is 2.46. The predicted molar refractivity (Wildman–Crippen MR) is 94.4 cm³/mol. The third-order valence-corrected chi connectivity index (χ3v) is 3.77. The molecule has 1 amide bonds. The second kappa shape index (κ2) is 9.88. The van der Waals surface area contributed by atoms with Crippen LogP contribution in [0.15, 0.2) is 0 Å². The van der Waals surface area contributed by atoms with Crippen LogP contribution in [-0.2, 0) is 4.79 Å². The minimum absolute atomic E-state index is 0. The quantitative estimate of drug-likeness (QED) is 0.825. The van der Waals surface area contributed by atoms with Gasteiger partial charge in [-0.05, 0) is 24.2 Å². The lowest BCUT2D eigenvalue weighted by Crippen LogP contribution is -2.53. The maximum Gasteiger partial charge on any atom is 0.237 e. The molecule has 0 aliphatic carbocycles. The molecular formula is C15H33Cl2N3O. The number of piperidine rings is 1. The molecule has 1 aliphatic heterocycles. The van der Waals surface area contributed by atoms with Gasteiger partial charge in [-0.15, -0.1) is 24.8 Å². The number of rotatable bonds is 4. The monoisotopic (exact) mass is 341 g/mol. The Morgan fingerprint density at radius 1 is 1.24 bits per heavy atom. The standard InChI is InChI=1S/C15H31N3O.2ClH/c1-11(2)10-18-8-6-12(7-9-18)17-14(19)13(16)15(3,4)5;;/h11-13H,6-10,16H2,1-5H3,(H,17,19);2*1H/t13-;;/m1../s1. The SMILES string of the molecule is CC(C)CN1CCC(NC(=O)[C@@H](N)C(C)(C)C)CC1.Cl.Cl. The molecule has 0 aromatic rings. The van der Waals surface area contributed by atoms with Crippen LogP contribution in [0.5, 0.6) is 0 Å². The Morgan fingerprint density at radius 3 is 2.10 bits per heavy atom. The summed E-state index contributed by atoms with van der Waals surface area (Å²) in [6, 6.07) is -0.134. The Labute approximate surface area is 142 Å². The maximum atomic E-state index is 12.1. The minimum Gasteiger partial charge on any atom is -0.352 e. The smallest absolute Gasteiger partial charge is 0.237 e. The second-order valence-corrected chi connectivity index (χ2v) is 7.32. The number of nitrogens with two attached hydrogens (primary N) is 1. The fraction of sp³-hybridized carbons (Fsp3) is 0.933. The molecule has 21 heavy (non-hydrogen) atoms. The summed E-state index contributed by atoms with van der Waals surface area (Å²) < 4.78 is 0. The average molecular weight is 342 g/mol. The molecule has 1 aliphatic rings. The van der Waals surface area contributed by atoms with Crippen LogP contribution in [0.4, 0.5) is 0 Å². The summed E-state index contributed by atoms with van der Waals surface area (Å²) in [6.45, 7) is 13.8. The van der Waals surface area contributed by atoms with Crippen LogP contribution < -0.4 is 11.1 Å². The van der Waals surface area contributed by atoms with Crippen molar-refractivity contribution in [2.24, 2.45) is 17.1 Å². The molecule has 1 heterocycles. The van der Waals surface area contributed by atoms with Gasteiger partial charge in [0.25, 0.3) is 0 Å². The minimum atomic E-state index is -0.429. The lowest BCUT2D eigenvalue weighted by Gasteiger charge is -2.35. The summed E-state index contributed by atoms with van der Waals surface area (Å²) in [5.74, 6) is 0.704. The summed E-state index contributed by atoms with van der Waals surface area (Å²) >= 11 is 0. The van der Waals surface area contributed by atoms with Crippen molar-refractivity contribution in [3.63, 3.8) is 0 Å². The van der Waals surface area contributed by atoms with Crippen LogP contribution in [0, 0.1) is 11.3 Å². The number of hydrogen-bond donors (Lipinski definition) is 2. The first-order valence-corrected chi connectivity index (χ1v) is 7.48. The van der Waals surface area contributed by atoms with E-state index in [0.717, 1.165) is 32.5 Å². The summed E-state index contributed by atoms with van der Waals surface area (Å²) in [5.41, 5.74) is 5.80. The lowest BCUT2D eigenvalue weighted by atomic mass is 9.86. The van der Waals surface area contributed by atoms with Crippen molar-refractivity contribution in [1.29, 1.82) is 0 Å². The zero-order chi connectivity index (χ0) is 14.6. The van der Waals surface area contributed by atoms with Crippen molar-refractivity contribution in [3.05, 3.63) is 0 Å². The molecule has 0 unspecified atom stereocenters. The summed E-state index contributed by atoms with van der Waals surface area (Å²) in [6.07, 6.45) is 2.07. The molecule has 0 spiro atoms. The molecule has 6 heteroatoms. The predicted octanol–water partition coefficient (Wildman–Crippen LogP) is 2.44. The van der Waals surface area contributed by atoms with Gasteiger partial charge in [0.15, 0.2) is 0 Å². The zero-order valence-electron chi connectivity index (χ0n) is 14.0. The fourth-order valence-corrected chi connectivity index (χ4v) is 2.46. The van der Waals surface area contributed by atoms with Crippen LogP contribution in [0.25, 0.3) is 0 Å². The van der Waals surface area contributed by atoms with Gasteiger partial charge in [0.05, 0.1) is 6.04 Å². The van der Waals surface area contributed by atoms with Gasteiger partial charge in [0.1, 0.15) is 0 Å². The van der Waals surface area contributed by atoms with Gasteiger partial charge in [-0.1, -0.05) is 34.6 Å². The number of nitrogens with zero attached hydrogens (tertiary/aromatic N) is 1. The second-order valence-electron chi connectivity index (χ2n) is 7.32. The van der Waals surface area contributed by atoms with Crippen molar-refractivity contribution in [1.82, 2.24) is 10.2 Å². The van der Waals surface area contributed by atoms with Crippen molar-refractivity contribution in [3.8, 4) is 0 Å². The van der Waals surface area contributed by atoms with E-state index in [9.17, 15) is 4.79 Å². The topological polar surface area (TPSA) is 58.4 Å². The number of likely N-dealkylation sites (tertiary alicyclic amines) is 1. The van der Waals surface area contributed by atoms with E-state index in [2.05, 4.69) is 24.1 Å². The van der Waals surface area contributed by atoms with E-state index in [4.69, 9.17) is 5.73 Å². The zero-order valence-corrected chi connectivity index (χ0v) is 15.6. The Kier molecular flexibility index (Phi) is 10.9. The third-order valence-electron chi connectivity index (χ3n) is 3.77. The lowest BCUT2D eigenvalue weighted by molar-refractivity contribution is -0.125. The Morgan fingerprint density at radius 2 is 1.71 bits per heavy atom. The normalized spacial score (nSPS) is 18.6. The number of nitrogens with one attached hydrogen (secondary N) is 1. The molecule has 4 nitrogen and oxygen atoms in total. The molecule has 1 saturated heterocycles. The third kappa shape index (κ3) is 8.24. The molecule has 0 aromatic carbocycles. The highest BCUT2D eigenvalue weighted by atomic mass is 35.5. The van der Waals surface area contributed by atoms with E-state index in [0.29, 0.717) is 12.0 Å². The Hall–Kier alpha value is -0.0300. The molecule has 0 aromatic heterocycles. The molecule has 0 bridgehead atoms. The first-order chi connectivity index (χ1) is 8.70. The van der Waals surface area contributed by atoms with Crippen molar-refractivity contribution >= 4 is 30.7 Å². The molecule has 1 fully saturated rings. The Bertz CT molecular complexity index is 298. The van der Waals surface area contributed by atoms with Crippen LogP contribution in [0.2, 0.25) is 0 Å². The highest BCUT2D eigenvalue weighted by molar-refractivity contribution is 5.85. The van der Waals surface area contributed by atoms with Gasteiger partial charge in [-0.25, -0.2) is 0 Å². The maximum absolute atomic E-state index is 12.1. The van der Waals surface area contributed by atoms with Crippen molar-refractivity contribution in [2.75, 3.05) is 19.6 Å². The Balaban J connectivity index is 0. The van der Waals surface area contributed by atoms with Gasteiger partial charge in [0.2, 0.25) is 5.91 Å². The van der Waals surface area contributed by atoms with Gasteiger partial charge in [-0.3, -0.25) is 4.79 Å². The van der Waals surface area contributed by atoms with E-state index in [1.807, 2.05) is 20.8 Å². The first kappa shape index (κ1) is 23.2. The van der Waals surface area contributed by atoms with Gasteiger partial charge >= 0.3 is 0 Å². The molecule has 0 radical (unpaired) electrons. The van der Waals surface area contributed by atoms with Crippen LogP contribution in [-0.4, -0.2) is 42.5 Å². The number of carbonyl (C=O) groups is 1. The first-order valence-electron chi connectivity index (χ1n) is 7.48. The summed E-state index contributed by atoms with van der Waals surface area (Å²) in [5, 5.41) is 3.11. The van der Waals surface area contributed by atoms with Gasteiger partial charge in [-0.2, -0.15) is 0 Å². The highest BCUT2D eigenvalue weighted by Crippen LogP contribution is 2.18. The van der Waals surface area contributed by atoms with Crippen molar-refractivity contribution < 1.29 is 4.79 Å². The van der Waals surface area contributed by atoms with Gasteiger partial charge in [0, 0.05) is 25.7 Å². The van der Waals surface area contributed by atoms with Gasteiger partial charge < -0.3 is 16.0 Å². The average Bonchev–Trinajstić information content (AvgIpc) is 2.28. The van der Waals surface area contributed by atoms with E-state index in [1.165, 1.54) is 0 Å². The highest BCUT2D eigenvalue weighted by Gasteiger charge is 2.29. The number of halogens is 2. The van der Waals surface area contributed by atoms with E-state index >= 15 is 0 Å². The van der Waals surface area contributed by atoms with E-state index in [1.54, 1.807) is 0 Å². The number of amides is 1. The largest absolute Gasteiger partial charge is 0.352 e. The molecule has 1 rings (SSSR count).